The van der Waals surface area contributed by atoms with E-state index >= 15 is 0 Å². The maximum absolute atomic E-state index is 9.32. The van der Waals surface area contributed by atoms with Crippen molar-refractivity contribution in [2.75, 3.05) is 4.90 Å². The first-order valence-electron chi connectivity index (χ1n) is 15.7. The fraction of sp³-hybridized carbons (Fsp3) is 0.0465. The van der Waals surface area contributed by atoms with E-state index in [1.54, 1.807) is 0 Å². The van der Waals surface area contributed by atoms with E-state index in [0.717, 1.165) is 16.7 Å². The third-order valence-corrected chi connectivity index (χ3v) is 9.54. The van der Waals surface area contributed by atoms with Gasteiger partial charge in [-0.2, -0.15) is 5.26 Å². The van der Waals surface area contributed by atoms with Crippen molar-refractivity contribution < 1.29 is 0 Å². The van der Waals surface area contributed by atoms with Gasteiger partial charge in [0.05, 0.1) is 28.7 Å². The molecule has 9 rings (SSSR count). The van der Waals surface area contributed by atoms with Crippen LogP contribution in [0.15, 0.2) is 164 Å². The molecule has 2 atom stereocenters. The fourth-order valence-electron chi connectivity index (χ4n) is 7.40. The van der Waals surface area contributed by atoms with Gasteiger partial charge in [0.2, 0.25) is 0 Å². The van der Waals surface area contributed by atoms with Crippen molar-refractivity contribution in [3.63, 3.8) is 0 Å². The number of nitriles is 1. The quantitative estimate of drug-likeness (QED) is 0.205. The molecule has 0 fully saturated rings. The van der Waals surface area contributed by atoms with Crippen molar-refractivity contribution in [3.8, 4) is 34.0 Å². The molecule has 0 spiro atoms. The van der Waals surface area contributed by atoms with Gasteiger partial charge in [-0.3, -0.25) is 0 Å². The molecule has 0 saturated heterocycles. The molecule has 3 heteroatoms. The van der Waals surface area contributed by atoms with Gasteiger partial charge in [0, 0.05) is 33.8 Å². The number of allylic oxidation sites excluding steroid dienone is 2. The summed E-state index contributed by atoms with van der Waals surface area (Å²) in [4.78, 5) is 2.50. The smallest absolute Gasteiger partial charge is 0.0991 e. The summed E-state index contributed by atoms with van der Waals surface area (Å²) in [6, 6.07) is 52.2. The molecule has 2 aliphatic rings. The Morgan fingerprint density at radius 3 is 2.11 bits per heavy atom. The highest BCUT2D eigenvalue weighted by atomic mass is 15.2. The zero-order valence-electron chi connectivity index (χ0n) is 25.1. The standard InChI is InChI=1S/C43H29N3/c44-28-29-17-21-34(22-18-29)45-40-15-6-4-13-36(40)38-26-32(19-23-42(38)45)33-20-24-43-39(27-33)37-14-5-7-16-41(37)46(43)35-12-8-11-31(25-35)30-9-2-1-3-10-30/h1-27,37,41H. The van der Waals surface area contributed by atoms with Crippen LogP contribution in [0.5, 0.6) is 0 Å². The predicted octanol–water partition coefficient (Wildman–Crippen LogP) is 10.7. The second-order valence-corrected chi connectivity index (χ2v) is 12.1. The van der Waals surface area contributed by atoms with Crippen molar-refractivity contribution in [2.24, 2.45) is 0 Å². The number of nitrogens with zero attached hydrogens (tertiary/aromatic N) is 3. The van der Waals surface area contributed by atoms with Gasteiger partial charge in [-0.1, -0.05) is 97.1 Å². The molecule has 6 aromatic carbocycles. The molecule has 1 aromatic heterocycles. The molecule has 1 aliphatic carbocycles. The van der Waals surface area contributed by atoms with Crippen LogP contribution in [0.25, 0.3) is 49.7 Å². The second kappa shape index (κ2) is 10.5. The van der Waals surface area contributed by atoms with Crippen LogP contribution in [0.1, 0.15) is 17.0 Å². The lowest BCUT2D eigenvalue weighted by molar-refractivity contribution is 0.745. The molecule has 0 saturated carbocycles. The molecule has 7 aromatic rings. The molecule has 2 unspecified atom stereocenters. The van der Waals surface area contributed by atoms with Crippen LogP contribution in [-0.2, 0) is 0 Å². The number of aromatic nitrogens is 1. The number of benzene rings is 6. The number of para-hydroxylation sites is 1. The molecule has 0 N–H and O–H groups in total. The van der Waals surface area contributed by atoms with Crippen molar-refractivity contribution in [1.29, 1.82) is 5.26 Å². The van der Waals surface area contributed by atoms with E-state index < -0.39 is 0 Å². The summed E-state index contributed by atoms with van der Waals surface area (Å²) in [6.07, 6.45) is 9.05. The number of hydrogen-bond donors (Lipinski definition) is 0. The average molecular weight is 588 g/mol. The van der Waals surface area contributed by atoms with E-state index in [0.29, 0.717) is 5.56 Å². The van der Waals surface area contributed by atoms with Crippen molar-refractivity contribution in [3.05, 3.63) is 175 Å². The Morgan fingerprint density at radius 2 is 1.24 bits per heavy atom. The van der Waals surface area contributed by atoms with Gasteiger partial charge in [-0.25, -0.2) is 0 Å². The molecule has 216 valence electrons. The highest BCUT2D eigenvalue weighted by Crippen LogP contribution is 2.49. The van der Waals surface area contributed by atoms with Gasteiger partial charge in [0.15, 0.2) is 0 Å². The fourth-order valence-corrected chi connectivity index (χ4v) is 7.40. The highest BCUT2D eigenvalue weighted by Gasteiger charge is 2.37. The van der Waals surface area contributed by atoms with E-state index in [9.17, 15) is 5.26 Å². The summed E-state index contributed by atoms with van der Waals surface area (Å²) in [6.45, 7) is 0. The van der Waals surface area contributed by atoms with E-state index in [-0.39, 0.29) is 12.0 Å². The zero-order valence-corrected chi connectivity index (χ0v) is 25.1. The molecular weight excluding hydrogens is 558 g/mol. The monoisotopic (exact) mass is 587 g/mol. The number of hydrogen-bond acceptors (Lipinski definition) is 2. The topological polar surface area (TPSA) is 32.0 Å². The predicted molar refractivity (Wildman–Crippen MR) is 190 cm³/mol. The lowest BCUT2D eigenvalue weighted by Crippen LogP contribution is -2.28. The van der Waals surface area contributed by atoms with Gasteiger partial charge in [0.25, 0.3) is 0 Å². The lowest BCUT2D eigenvalue weighted by atomic mass is 9.89. The SMILES string of the molecule is N#Cc1ccc(-n2c3ccccc3c3cc(-c4ccc5c(c4)C4C=CC=CC4N5c4cccc(-c5ccccc5)c4)ccc32)cc1. The first kappa shape index (κ1) is 26.3. The molecular formula is C43H29N3. The zero-order chi connectivity index (χ0) is 30.6. The third-order valence-electron chi connectivity index (χ3n) is 9.54. The van der Waals surface area contributed by atoms with Crippen LogP contribution in [0.4, 0.5) is 11.4 Å². The lowest BCUT2D eigenvalue weighted by Gasteiger charge is -2.29. The van der Waals surface area contributed by atoms with Gasteiger partial charge >= 0.3 is 0 Å². The van der Waals surface area contributed by atoms with E-state index in [4.69, 9.17) is 0 Å². The van der Waals surface area contributed by atoms with Crippen molar-refractivity contribution in [2.45, 2.75) is 12.0 Å². The molecule has 0 radical (unpaired) electrons. The summed E-state index contributed by atoms with van der Waals surface area (Å²) < 4.78 is 2.30. The molecule has 2 heterocycles. The summed E-state index contributed by atoms with van der Waals surface area (Å²) in [7, 11) is 0. The first-order valence-corrected chi connectivity index (χ1v) is 15.7. The van der Waals surface area contributed by atoms with Crippen molar-refractivity contribution >= 4 is 33.2 Å². The van der Waals surface area contributed by atoms with Crippen LogP contribution in [0.3, 0.4) is 0 Å². The van der Waals surface area contributed by atoms with Gasteiger partial charge in [0.1, 0.15) is 0 Å². The third kappa shape index (κ3) is 4.12. The van der Waals surface area contributed by atoms with E-state index in [1.807, 2.05) is 24.3 Å². The Bertz CT molecular complexity index is 2390. The normalized spacial score (nSPS) is 16.5. The van der Waals surface area contributed by atoms with Crippen LogP contribution >= 0.6 is 0 Å². The molecule has 3 nitrogen and oxygen atoms in total. The van der Waals surface area contributed by atoms with Gasteiger partial charge in [-0.05, 0) is 94.5 Å². The number of fused-ring (bicyclic) bond motifs is 6. The Morgan fingerprint density at radius 1 is 0.522 bits per heavy atom. The van der Waals surface area contributed by atoms with Crippen LogP contribution in [0, 0.1) is 11.3 Å². The largest absolute Gasteiger partial charge is 0.333 e. The van der Waals surface area contributed by atoms with E-state index in [2.05, 4.69) is 155 Å². The molecule has 46 heavy (non-hydrogen) atoms. The molecule has 0 bridgehead atoms. The van der Waals surface area contributed by atoms with E-state index in [1.165, 1.54) is 50.0 Å². The second-order valence-electron chi connectivity index (χ2n) is 12.1. The Kier molecular flexibility index (Phi) is 6.01. The maximum Gasteiger partial charge on any atom is 0.0991 e. The Hall–Kier alpha value is -6.11. The minimum Gasteiger partial charge on any atom is -0.333 e. The average Bonchev–Trinajstić information content (AvgIpc) is 3.64. The summed E-state index contributed by atoms with van der Waals surface area (Å²) in [5.74, 6) is 0.280. The van der Waals surface area contributed by atoms with Crippen LogP contribution < -0.4 is 4.90 Å². The number of rotatable bonds is 4. The summed E-state index contributed by atoms with van der Waals surface area (Å²) in [5, 5.41) is 11.8. The number of anilines is 2. The van der Waals surface area contributed by atoms with Crippen LogP contribution in [-0.4, -0.2) is 10.6 Å². The maximum atomic E-state index is 9.32. The minimum absolute atomic E-state index is 0.231. The molecule has 1 aliphatic heterocycles. The highest BCUT2D eigenvalue weighted by molar-refractivity contribution is 6.10. The summed E-state index contributed by atoms with van der Waals surface area (Å²) in [5.41, 5.74) is 12.7. The van der Waals surface area contributed by atoms with Gasteiger partial charge < -0.3 is 9.47 Å². The molecule has 0 amide bonds. The van der Waals surface area contributed by atoms with Gasteiger partial charge in [-0.15, -0.1) is 0 Å². The Balaban J connectivity index is 1.15. The Labute approximate surface area is 268 Å². The first-order chi connectivity index (χ1) is 22.8. The minimum atomic E-state index is 0.231. The van der Waals surface area contributed by atoms with Crippen molar-refractivity contribution in [1.82, 2.24) is 4.57 Å². The summed E-state index contributed by atoms with van der Waals surface area (Å²) >= 11 is 0. The van der Waals surface area contributed by atoms with Crippen LogP contribution in [0.2, 0.25) is 0 Å².